The number of hydrogen-bond acceptors (Lipinski definition) is 2. The van der Waals surface area contributed by atoms with E-state index in [1.165, 1.54) is 5.56 Å². The largest absolute Gasteiger partial charge is 0.508 e. The summed E-state index contributed by atoms with van der Waals surface area (Å²) < 4.78 is 15.9. The van der Waals surface area contributed by atoms with Gasteiger partial charge in [0.2, 0.25) is 0 Å². The summed E-state index contributed by atoms with van der Waals surface area (Å²) in [5.74, 6) is 0.712. The fourth-order valence-electron chi connectivity index (χ4n) is 7.43. The average Bonchev–Trinajstić information content (AvgIpc) is 2.97. The van der Waals surface area contributed by atoms with E-state index in [0.717, 1.165) is 24.0 Å². The van der Waals surface area contributed by atoms with Crippen molar-refractivity contribution in [1.29, 1.82) is 0 Å². The van der Waals surface area contributed by atoms with Crippen LogP contribution in [0.15, 0.2) is 61.2 Å². The van der Waals surface area contributed by atoms with Crippen molar-refractivity contribution in [2.24, 2.45) is 23.2 Å². The molecule has 5 rings (SSSR count). The molecule has 2 aromatic rings. The van der Waals surface area contributed by atoms with Gasteiger partial charge in [-0.05, 0) is 83.6 Å². The van der Waals surface area contributed by atoms with Gasteiger partial charge in [0, 0.05) is 5.92 Å². The van der Waals surface area contributed by atoms with Crippen molar-refractivity contribution in [3.05, 3.63) is 77.9 Å². The van der Waals surface area contributed by atoms with Gasteiger partial charge < -0.3 is 10.2 Å². The second-order valence-electron chi connectivity index (χ2n) is 10.1. The third kappa shape index (κ3) is 2.93. The second-order valence-corrected chi connectivity index (χ2v) is 10.1. The lowest BCUT2D eigenvalue weighted by Crippen LogP contribution is -2.50. The Labute approximate surface area is 178 Å². The van der Waals surface area contributed by atoms with Gasteiger partial charge in [-0.3, -0.25) is 0 Å². The summed E-state index contributed by atoms with van der Waals surface area (Å²) in [6.45, 7) is 6.14. The molecular weight excluding hydrogens is 375 g/mol. The molecule has 3 aliphatic carbocycles. The summed E-state index contributed by atoms with van der Waals surface area (Å²) in [5, 5.41) is 21.1. The van der Waals surface area contributed by atoms with Crippen molar-refractivity contribution in [1.82, 2.24) is 0 Å². The van der Waals surface area contributed by atoms with Crippen molar-refractivity contribution in [2.75, 3.05) is 0 Å². The summed E-state index contributed by atoms with van der Waals surface area (Å²) in [4.78, 5) is 0. The maximum absolute atomic E-state index is 15.9. The average molecular weight is 407 g/mol. The Morgan fingerprint density at radius 3 is 2.67 bits per heavy atom. The number of halogens is 1. The Morgan fingerprint density at radius 1 is 1.17 bits per heavy atom. The van der Waals surface area contributed by atoms with Crippen LogP contribution in [0.3, 0.4) is 0 Å². The number of aliphatic hydroxyl groups is 1. The molecule has 30 heavy (non-hydrogen) atoms. The van der Waals surface area contributed by atoms with Crippen molar-refractivity contribution >= 4 is 0 Å². The van der Waals surface area contributed by atoms with Gasteiger partial charge in [0.05, 0.1) is 6.10 Å². The third-order valence-corrected chi connectivity index (χ3v) is 8.37. The summed E-state index contributed by atoms with van der Waals surface area (Å²) in [7, 11) is 0. The highest BCUT2D eigenvalue weighted by molar-refractivity contribution is 5.44. The first kappa shape index (κ1) is 19.8. The van der Waals surface area contributed by atoms with Crippen LogP contribution in [0.1, 0.15) is 54.7 Å². The molecule has 0 saturated heterocycles. The maximum Gasteiger partial charge on any atom is 0.115 e. The zero-order valence-corrected chi connectivity index (χ0v) is 17.5. The monoisotopic (exact) mass is 406 g/mol. The Kier molecular flexibility index (Phi) is 4.77. The van der Waals surface area contributed by atoms with Crippen LogP contribution in [-0.2, 0) is 6.42 Å². The number of phenols is 1. The van der Waals surface area contributed by atoms with Gasteiger partial charge in [0.25, 0.3) is 0 Å². The third-order valence-electron chi connectivity index (χ3n) is 8.37. The molecule has 0 heterocycles. The molecule has 0 radical (unpaired) electrons. The number of benzene rings is 2. The molecule has 158 valence electrons. The lowest BCUT2D eigenvalue weighted by Gasteiger charge is -2.55. The number of alkyl halides is 1. The van der Waals surface area contributed by atoms with E-state index in [4.69, 9.17) is 0 Å². The molecule has 2 N–H and O–H groups in total. The number of allylic oxidation sites excluding steroid dienone is 1. The SMILES string of the molecule is C=CC[C@@H]1[C@H]2[C@H]3[C@@H](c4ccc(O)cc4C[C@H]3c3ccccc3)[C@@H](F)C[C@]2(C)C[C@H]1O. The summed E-state index contributed by atoms with van der Waals surface area (Å²) in [6, 6.07) is 15.9. The molecule has 0 unspecified atom stereocenters. The molecule has 0 spiro atoms. The maximum atomic E-state index is 15.9. The van der Waals surface area contributed by atoms with Gasteiger partial charge >= 0.3 is 0 Å². The van der Waals surface area contributed by atoms with E-state index in [-0.39, 0.29) is 40.8 Å². The molecule has 0 amide bonds. The number of aromatic hydroxyl groups is 1. The molecule has 8 atom stereocenters. The van der Waals surface area contributed by atoms with Crippen LogP contribution in [0.5, 0.6) is 5.75 Å². The molecule has 0 aromatic heterocycles. The molecule has 2 aromatic carbocycles. The first-order valence-corrected chi connectivity index (χ1v) is 11.2. The Balaban J connectivity index is 1.69. The number of rotatable bonds is 3. The second kappa shape index (κ2) is 7.23. The minimum Gasteiger partial charge on any atom is -0.508 e. The number of fused-ring (bicyclic) bond motifs is 5. The molecular formula is C27H31FO2. The Morgan fingerprint density at radius 2 is 1.93 bits per heavy atom. The van der Waals surface area contributed by atoms with Gasteiger partial charge in [0.1, 0.15) is 11.9 Å². The van der Waals surface area contributed by atoms with Gasteiger partial charge in [-0.25, -0.2) is 4.39 Å². The van der Waals surface area contributed by atoms with Crippen LogP contribution in [0.4, 0.5) is 4.39 Å². The lowest BCUT2D eigenvalue weighted by molar-refractivity contribution is -0.0263. The van der Waals surface area contributed by atoms with Crippen molar-refractivity contribution in [3.8, 4) is 5.75 Å². The molecule has 2 saturated carbocycles. The zero-order chi connectivity index (χ0) is 21.0. The van der Waals surface area contributed by atoms with Crippen molar-refractivity contribution < 1.29 is 14.6 Å². The van der Waals surface area contributed by atoms with E-state index in [1.807, 2.05) is 24.3 Å². The molecule has 0 bridgehead atoms. The fraction of sp³-hybridized carbons (Fsp3) is 0.481. The minimum atomic E-state index is -0.944. The van der Waals surface area contributed by atoms with Gasteiger partial charge in [0.15, 0.2) is 0 Å². The standard InChI is InChI=1S/C27H31FO2/c1-3-7-20-23(30)15-27(2)14-22(28)24-19-11-10-18(29)12-17(19)13-21(25(24)26(20)27)16-8-5-4-6-9-16/h3-6,8-12,20-26,29-30H,1,7,13-15H2,2H3/t20-,21-,22-,23+,24-,25+,26-,27+/m0/s1. The number of hydrogen-bond donors (Lipinski definition) is 2. The van der Waals surface area contributed by atoms with Crippen LogP contribution in [0.2, 0.25) is 0 Å². The molecule has 3 heteroatoms. The highest BCUT2D eigenvalue weighted by atomic mass is 19.1. The lowest BCUT2D eigenvalue weighted by atomic mass is 9.50. The predicted octanol–water partition coefficient (Wildman–Crippen LogP) is 5.75. The highest BCUT2D eigenvalue weighted by Gasteiger charge is 2.62. The molecule has 3 aliphatic rings. The van der Waals surface area contributed by atoms with Gasteiger partial charge in [-0.15, -0.1) is 6.58 Å². The number of aliphatic hydroxyl groups excluding tert-OH is 1. The van der Waals surface area contributed by atoms with E-state index < -0.39 is 12.3 Å². The summed E-state index contributed by atoms with van der Waals surface area (Å²) in [6.07, 6.45) is 3.30. The van der Waals surface area contributed by atoms with Gasteiger partial charge in [-0.1, -0.05) is 49.4 Å². The normalized spacial score (nSPS) is 39.6. The van der Waals surface area contributed by atoms with E-state index in [2.05, 4.69) is 37.8 Å². The molecule has 2 nitrogen and oxygen atoms in total. The number of phenolic OH excluding ortho intramolecular Hbond substituents is 1. The van der Waals surface area contributed by atoms with Crippen LogP contribution in [-0.4, -0.2) is 22.5 Å². The first-order chi connectivity index (χ1) is 14.4. The van der Waals surface area contributed by atoms with Crippen LogP contribution in [0.25, 0.3) is 0 Å². The highest BCUT2D eigenvalue weighted by Crippen LogP contribution is 2.66. The Hall–Kier alpha value is -2.13. The van der Waals surface area contributed by atoms with Crippen LogP contribution >= 0.6 is 0 Å². The van der Waals surface area contributed by atoms with E-state index in [0.29, 0.717) is 12.8 Å². The fourth-order valence-corrected chi connectivity index (χ4v) is 7.43. The van der Waals surface area contributed by atoms with Crippen molar-refractivity contribution in [3.63, 3.8) is 0 Å². The smallest absolute Gasteiger partial charge is 0.115 e. The van der Waals surface area contributed by atoms with E-state index in [9.17, 15) is 10.2 Å². The molecule has 2 fully saturated rings. The zero-order valence-electron chi connectivity index (χ0n) is 17.5. The van der Waals surface area contributed by atoms with Crippen molar-refractivity contribution in [2.45, 2.75) is 56.7 Å². The van der Waals surface area contributed by atoms with Crippen LogP contribution in [0, 0.1) is 23.2 Å². The topological polar surface area (TPSA) is 40.5 Å². The molecule has 0 aliphatic heterocycles. The Bertz CT molecular complexity index is 941. The summed E-state index contributed by atoms with van der Waals surface area (Å²) in [5.41, 5.74) is 3.15. The first-order valence-electron chi connectivity index (χ1n) is 11.2. The van der Waals surface area contributed by atoms with E-state index in [1.54, 1.807) is 6.07 Å². The predicted molar refractivity (Wildman–Crippen MR) is 117 cm³/mol. The van der Waals surface area contributed by atoms with Gasteiger partial charge in [-0.2, -0.15) is 0 Å². The van der Waals surface area contributed by atoms with Crippen LogP contribution < -0.4 is 0 Å². The van der Waals surface area contributed by atoms with E-state index >= 15 is 4.39 Å². The quantitative estimate of drug-likeness (QED) is 0.637. The minimum absolute atomic E-state index is 0.123. The summed E-state index contributed by atoms with van der Waals surface area (Å²) >= 11 is 0.